The number of pyridine rings is 1. The highest BCUT2D eigenvalue weighted by molar-refractivity contribution is 6.05. The van der Waals surface area contributed by atoms with Gasteiger partial charge in [0.2, 0.25) is 0 Å². The van der Waals surface area contributed by atoms with Gasteiger partial charge in [-0.3, -0.25) is 14.6 Å². The molecule has 0 unspecified atom stereocenters. The average Bonchev–Trinajstić information content (AvgIpc) is 2.67. The van der Waals surface area contributed by atoms with Gasteiger partial charge in [0.15, 0.2) is 0 Å². The van der Waals surface area contributed by atoms with Gasteiger partial charge in [0.1, 0.15) is 11.5 Å². The van der Waals surface area contributed by atoms with Crippen LogP contribution < -0.4 is 10.6 Å². The summed E-state index contributed by atoms with van der Waals surface area (Å²) in [4.78, 5) is 28.5. The van der Waals surface area contributed by atoms with Gasteiger partial charge in [-0.2, -0.15) is 0 Å². The summed E-state index contributed by atoms with van der Waals surface area (Å²) >= 11 is 0. The van der Waals surface area contributed by atoms with Crippen LogP contribution in [-0.4, -0.2) is 27.0 Å². The maximum Gasteiger partial charge on any atom is 0.255 e. The molecule has 0 bridgehead atoms. The lowest BCUT2D eigenvalue weighted by Gasteiger charge is -2.12. The average molecular weight is 363 g/mol. The highest BCUT2D eigenvalue weighted by Gasteiger charge is 2.12. The SMILES string of the molecule is O=C(NCc1ccccc1NC(=O)c1cc(O)cc(O)c1)c1cccnc1. The molecule has 0 spiro atoms. The Hall–Kier alpha value is -3.87. The predicted octanol–water partition coefficient (Wildman–Crippen LogP) is 2.68. The van der Waals surface area contributed by atoms with Crippen LogP contribution in [0.4, 0.5) is 5.69 Å². The Morgan fingerprint density at radius 3 is 2.33 bits per heavy atom. The molecule has 7 heteroatoms. The molecular weight excluding hydrogens is 346 g/mol. The molecule has 136 valence electrons. The number of amides is 2. The van der Waals surface area contributed by atoms with E-state index in [0.717, 1.165) is 6.07 Å². The molecule has 1 aromatic heterocycles. The van der Waals surface area contributed by atoms with Crippen LogP contribution in [0.15, 0.2) is 67.0 Å². The predicted molar refractivity (Wildman–Crippen MR) is 99.6 cm³/mol. The molecule has 7 nitrogen and oxygen atoms in total. The second-order valence-corrected chi connectivity index (χ2v) is 5.77. The van der Waals surface area contributed by atoms with Crippen LogP contribution in [0.3, 0.4) is 0 Å². The summed E-state index contributed by atoms with van der Waals surface area (Å²) < 4.78 is 0. The number of carbonyl (C=O) groups is 2. The van der Waals surface area contributed by atoms with Crippen LogP contribution in [0.2, 0.25) is 0 Å². The standard InChI is InChI=1S/C20H17N3O4/c24-16-8-15(9-17(25)10-16)20(27)23-18-6-2-1-4-13(18)12-22-19(26)14-5-3-7-21-11-14/h1-11,24-25H,12H2,(H,22,26)(H,23,27). The molecule has 2 amide bonds. The van der Waals surface area contributed by atoms with Gasteiger partial charge in [-0.1, -0.05) is 18.2 Å². The maximum atomic E-state index is 12.4. The minimum absolute atomic E-state index is 0.113. The van der Waals surface area contributed by atoms with Crippen molar-refractivity contribution in [2.24, 2.45) is 0 Å². The Bertz CT molecular complexity index is 954. The van der Waals surface area contributed by atoms with Crippen molar-refractivity contribution in [1.82, 2.24) is 10.3 Å². The third kappa shape index (κ3) is 4.60. The van der Waals surface area contributed by atoms with Gasteiger partial charge in [0.25, 0.3) is 11.8 Å². The second kappa shape index (κ2) is 8.01. The highest BCUT2D eigenvalue weighted by atomic mass is 16.3. The first-order chi connectivity index (χ1) is 13.0. The molecule has 3 rings (SSSR count). The number of aromatic nitrogens is 1. The molecule has 0 fully saturated rings. The van der Waals surface area contributed by atoms with Crippen LogP contribution in [0.5, 0.6) is 11.5 Å². The highest BCUT2D eigenvalue weighted by Crippen LogP contribution is 2.22. The molecular formula is C20H17N3O4. The number of aromatic hydroxyl groups is 2. The Labute approximate surface area is 155 Å². The maximum absolute atomic E-state index is 12.4. The van der Waals surface area contributed by atoms with Gasteiger partial charge >= 0.3 is 0 Å². The van der Waals surface area contributed by atoms with E-state index in [0.29, 0.717) is 16.8 Å². The van der Waals surface area contributed by atoms with Crippen molar-refractivity contribution < 1.29 is 19.8 Å². The smallest absolute Gasteiger partial charge is 0.255 e. The van der Waals surface area contributed by atoms with E-state index in [1.165, 1.54) is 18.3 Å². The van der Waals surface area contributed by atoms with Crippen LogP contribution in [0, 0.1) is 0 Å². The number of phenols is 2. The fourth-order valence-electron chi connectivity index (χ4n) is 2.49. The van der Waals surface area contributed by atoms with Crippen LogP contribution in [0.1, 0.15) is 26.3 Å². The van der Waals surface area contributed by atoms with Crippen LogP contribution in [0.25, 0.3) is 0 Å². The fraction of sp³-hybridized carbons (Fsp3) is 0.0500. The van der Waals surface area contributed by atoms with Crippen LogP contribution in [-0.2, 0) is 6.54 Å². The van der Waals surface area contributed by atoms with Crippen molar-refractivity contribution in [2.75, 3.05) is 5.32 Å². The van der Waals surface area contributed by atoms with Crippen molar-refractivity contribution in [2.45, 2.75) is 6.54 Å². The monoisotopic (exact) mass is 363 g/mol. The number of benzene rings is 2. The summed E-state index contributed by atoms with van der Waals surface area (Å²) in [5, 5.41) is 24.5. The number of anilines is 1. The lowest BCUT2D eigenvalue weighted by atomic mass is 10.1. The number of carbonyl (C=O) groups excluding carboxylic acids is 2. The number of phenolic OH excluding ortho intramolecular Hbond substituents is 2. The van der Waals surface area contributed by atoms with Crippen molar-refractivity contribution in [1.29, 1.82) is 0 Å². The van der Waals surface area contributed by atoms with Gasteiger partial charge < -0.3 is 20.8 Å². The zero-order chi connectivity index (χ0) is 19.2. The summed E-state index contributed by atoms with van der Waals surface area (Å²) in [7, 11) is 0. The first kappa shape index (κ1) is 17.9. The van der Waals surface area contributed by atoms with Crippen molar-refractivity contribution in [3.05, 3.63) is 83.7 Å². The molecule has 0 saturated carbocycles. The fourth-order valence-corrected chi connectivity index (χ4v) is 2.49. The summed E-state index contributed by atoms with van der Waals surface area (Å²) in [6, 6.07) is 14.0. The van der Waals surface area contributed by atoms with Gasteiger partial charge in [-0.15, -0.1) is 0 Å². The third-order valence-electron chi connectivity index (χ3n) is 3.79. The normalized spacial score (nSPS) is 10.2. The summed E-state index contributed by atoms with van der Waals surface area (Å²) in [6.07, 6.45) is 3.05. The largest absolute Gasteiger partial charge is 0.508 e. The van der Waals surface area contributed by atoms with Crippen molar-refractivity contribution in [3.63, 3.8) is 0 Å². The molecule has 0 radical (unpaired) electrons. The molecule has 3 aromatic rings. The lowest BCUT2D eigenvalue weighted by molar-refractivity contribution is 0.0950. The van der Waals surface area contributed by atoms with E-state index in [1.54, 1.807) is 42.6 Å². The molecule has 0 atom stereocenters. The number of hydrogen-bond acceptors (Lipinski definition) is 5. The van der Waals surface area contributed by atoms with E-state index in [1.807, 2.05) is 0 Å². The molecule has 2 aromatic carbocycles. The van der Waals surface area contributed by atoms with Crippen molar-refractivity contribution >= 4 is 17.5 Å². The number of rotatable bonds is 5. The van der Waals surface area contributed by atoms with Gasteiger partial charge in [0, 0.05) is 36.3 Å². The molecule has 1 heterocycles. The van der Waals surface area contributed by atoms with Crippen LogP contribution >= 0.6 is 0 Å². The lowest BCUT2D eigenvalue weighted by Crippen LogP contribution is -2.24. The number of para-hydroxylation sites is 1. The van der Waals surface area contributed by atoms with Gasteiger partial charge in [0.05, 0.1) is 5.56 Å². The Kier molecular flexibility index (Phi) is 5.32. The quantitative estimate of drug-likeness (QED) is 0.557. The molecule has 27 heavy (non-hydrogen) atoms. The third-order valence-corrected chi connectivity index (χ3v) is 3.79. The minimum Gasteiger partial charge on any atom is -0.508 e. The summed E-state index contributed by atoms with van der Waals surface area (Å²) in [5.41, 5.74) is 1.76. The molecule has 0 aliphatic heterocycles. The topological polar surface area (TPSA) is 112 Å². The van der Waals surface area contributed by atoms with E-state index in [-0.39, 0.29) is 29.5 Å². The number of nitrogens with one attached hydrogen (secondary N) is 2. The molecule has 0 saturated heterocycles. The Morgan fingerprint density at radius 1 is 0.889 bits per heavy atom. The zero-order valence-electron chi connectivity index (χ0n) is 14.2. The molecule has 0 aliphatic rings. The van der Waals surface area contributed by atoms with E-state index < -0.39 is 5.91 Å². The summed E-state index contributed by atoms with van der Waals surface area (Å²) in [6.45, 7) is 0.204. The van der Waals surface area contributed by atoms with E-state index in [2.05, 4.69) is 15.6 Å². The first-order valence-corrected chi connectivity index (χ1v) is 8.13. The Morgan fingerprint density at radius 2 is 1.63 bits per heavy atom. The summed E-state index contributed by atoms with van der Waals surface area (Å²) in [5.74, 6) is -1.19. The van der Waals surface area contributed by atoms with Gasteiger partial charge in [-0.05, 0) is 35.9 Å². The first-order valence-electron chi connectivity index (χ1n) is 8.13. The zero-order valence-corrected chi connectivity index (χ0v) is 14.2. The molecule has 4 N–H and O–H groups in total. The number of hydrogen-bond donors (Lipinski definition) is 4. The molecule has 0 aliphatic carbocycles. The Balaban J connectivity index is 1.72. The van der Waals surface area contributed by atoms with E-state index in [9.17, 15) is 19.8 Å². The minimum atomic E-state index is -0.493. The van der Waals surface area contributed by atoms with Gasteiger partial charge in [-0.25, -0.2) is 0 Å². The van der Waals surface area contributed by atoms with Crippen molar-refractivity contribution in [3.8, 4) is 11.5 Å². The van der Waals surface area contributed by atoms with E-state index >= 15 is 0 Å². The van der Waals surface area contributed by atoms with E-state index in [4.69, 9.17) is 0 Å². The number of nitrogens with zero attached hydrogens (tertiary/aromatic N) is 1. The second-order valence-electron chi connectivity index (χ2n) is 5.77.